The van der Waals surface area contributed by atoms with Gasteiger partial charge >= 0.3 is 0 Å². The molecule has 20 heavy (non-hydrogen) atoms. The van der Waals surface area contributed by atoms with Gasteiger partial charge in [-0.05, 0) is 18.6 Å². The Morgan fingerprint density at radius 1 is 1.35 bits per heavy atom. The van der Waals surface area contributed by atoms with Crippen LogP contribution in [0.3, 0.4) is 0 Å². The summed E-state index contributed by atoms with van der Waals surface area (Å²) in [6, 6.07) is 3.43. The molecular formula is C13H14Cl2N2O3. The van der Waals surface area contributed by atoms with Crippen molar-refractivity contribution in [2.45, 2.75) is 24.7 Å². The Morgan fingerprint density at radius 3 is 2.80 bits per heavy atom. The van der Waals surface area contributed by atoms with Crippen LogP contribution >= 0.6 is 23.2 Å². The van der Waals surface area contributed by atoms with Crippen LogP contribution in [-0.4, -0.2) is 45.2 Å². The molecule has 3 unspecified atom stereocenters. The molecule has 1 fully saturated rings. The number of benzene rings is 1. The van der Waals surface area contributed by atoms with E-state index in [9.17, 15) is 5.11 Å². The molecule has 2 aromatic rings. The minimum atomic E-state index is -0.695. The fourth-order valence-electron chi connectivity index (χ4n) is 2.53. The van der Waals surface area contributed by atoms with Gasteiger partial charge in [0.25, 0.3) is 0 Å². The quantitative estimate of drug-likeness (QED) is 0.889. The van der Waals surface area contributed by atoms with Gasteiger partial charge in [-0.25, -0.2) is 4.98 Å². The Morgan fingerprint density at radius 2 is 2.10 bits per heavy atom. The lowest BCUT2D eigenvalue weighted by molar-refractivity contribution is -0.112. The zero-order valence-corrected chi connectivity index (χ0v) is 12.1. The lowest BCUT2D eigenvalue weighted by Crippen LogP contribution is -2.41. The molecule has 1 aliphatic rings. The standard InChI is InChI=1S/C13H14Cl2N2O3/c14-8-2-10-11(3-9(8)15)17(6-16-10)7-1-12(19)13(4-18)20-5-7/h2-3,6-7,12-13,18-19H,1,4-5H2. The van der Waals surface area contributed by atoms with E-state index in [0.717, 1.165) is 11.0 Å². The molecule has 1 aromatic heterocycles. The van der Waals surface area contributed by atoms with E-state index in [1.807, 2.05) is 4.57 Å². The smallest absolute Gasteiger partial charge is 0.107 e. The van der Waals surface area contributed by atoms with Crippen molar-refractivity contribution in [3.63, 3.8) is 0 Å². The van der Waals surface area contributed by atoms with E-state index in [0.29, 0.717) is 23.1 Å². The third kappa shape index (κ3) is 2.40. The number of aliphatic hydroxyl groups excluding tert-OH is 2. The zero-order chi connectivity index (χ0) is 14.3. The summed E-state index contributed by atoms with van der Waals surface area (Å²) in [6.07, 6.45) is 0.979. The number of halogens is 2. The maximum Gasteiger partial charge on any atom is 0.107 e. The van der Waals surface area contributed by atoms with Gasteiger partial charge in [-0.3, -0.25) is 0 Å². The molecular weight excluding hydrogens is 303 g/mol. The van der Waals surface area contributed by atoms with Gasteiger partial charge in [-0.2, -0.15) is 0 Å². The predicted molar refractivity (Wildman–Crippen MR) is 76.2 cm³/mol. The Balaban J connectivity index is 1.93. The van der Waals surface area contributed by atoms with Gasteiger partial charge in [-0.15, -0.1) is 0 Å². The molecule has 0 saturated carbocycles. The molecule has 108 valence electrons. The summed E-state index contributed by atoms with van der Waals surface area (Å²) >= 11 is 12.0. The molecule has 0 aliphatic carbocycles. The lowest BCUT2D eigenvalue weighted by Gasteiger charge is -2.33. The predicted octanol–water partition coefficient (Wildman–Crippen LogP) is 2.03. The zero-order valence-electron chi connectivity index (χ0n) is 10.5. The molecule has 3 rings (SSSR count). The Bertz CT molecular complexity index is 631. The fourth-order valence-corrected chi connectivity index (χ4v) is 2.84. The molecule has 0 spiro atoms. The van der Waals surface area contributed by atoms with E-state index in [1.165, 1.54) is 0 Å². The number of fused-ring (bicyclic) bond motifs is 1. The van der Waals surface area contributed by atoms with Crippen LogP contribution in [0.15, 0.2) is 18.5 Å². The highest BCUT2D eigenvalue weighted by Crippen LogP contribution is 2.31. The molecule has 2 N–H and O–H groups in total. The van der Waals surface area contributed by atoms with E-state index in [1.54, 1.807) is 18.5 Å². The number of aliphatic hydroxyl groups is 2. The number of aromatic nitrogens is 2. The molecule has 0 bridgehead atoms. The van der Waals surface area contributed by atoms with E-state index in [2.05, 4.69) is 4.98 Å². The average Bonchev–Trinajstić information content (AvgIpc) is 2.82. The van der Waals surface area contributed by atoms with E-state index in [4.69, 9.17) is 33.0 Å². The van der Waals surface area contributed by atoms with Crippen molar-refractivity contribution in [1.82, 2.24) is 9.55 Å². The summed E-state index contributed by atoms with van der Waals surface area (Å²) in [5.41, 5.74) is 1.60. The number of imidazole rings is 1. The van der Waals surface area contributed by atoms with E-state index < -0.39 is 12.2 Å². The third-order valence-corrected chi connectivity index (χ3v) is 4.36. The maximum absolute atomic E-state index is 9.94. The molecule has 5 nitrogen and oxygen atoms in total. The molecule has 1 saturated heterocycles. The summed E-state index contributed by atoms with van der Waals surface area (Å²) in [6.45, 7) is 0.230. The van der Waals surface area contributed by atoms with Gasteiger partial charge in [0, 0.05) is 0 Å². The Labute approximate surface area is 125 Å². The van der Waals surface area contributed by atoms with Gasteiger partial charge in [0.1, 0.15) is 6.10 Å². The largest absolute Gasteiger partial charge is 0.394 e. The summed E-state index contributed by atoms with van der Waals surface area (Å²) in [5, 5.41) is 20.0. The second-order valence-electron chi connectivity index (χ2n) is 4.92. The number of ether oxygens (including phenoxy) is 1. The minimum absolute atomic E-state index is 0.0463. The van der Waals surface area contributed by atoms with Gasteiger partial charge in [-0.1, -0.05) is 23.2 Å². The topological polar surface area (TPSA) is 67.5 Å². The van der Waals surface area contributed by atoms with Crippen molar-refractivity contribution in [2.24, 2.45) is 0 Å². The second kappa shape index (κ2) is 5.50. The molecule has 2 heterocycles. The van der Waals surface area contributed by atoms with Gasteiger partial charge in [0.2, 0.25) is 0 Å². The van der Waals surface area contributed by atoms with E-state index in [-0.39, 0.29) is 12.6 Å². The monoisotopic (exact) mass is 316 g/mol. The highest BCUT2D eigenvalue weighted by Gasteiger charge is 2.31. The average molecular weight is 317 g/mol. The van der Waals surface area contributed by atoms with Crippen molar-refractivity contribution in [3.8, 4) is 0 Å². The summed E-state index contributed by atoms with van der Waals surface area (Å²) in [5.74, 6) is 0. The number of hydrogen-bond donors (Lipinski definition) is 2. The van der Waals surface area contributed by atoms with Gasteiger partial charge < -0.3 is 19.5 Å². The SMILES string of the molecule is OCC1OCC(n2cnc3cc(Cl)c(Cl)cc32)CC1O. The summed E-state index contributed by atoms with van der Waals surface area (Å²) < 4.78 is 7.40. The van der Waals surface area contributed by atoms with Crippen LogP contribution in [0.2, 0.25) is 10.0 Å². The first-order valence-corrected chi connectivity index (χ1v) is 7.08. The van der Waals surface area contributed by atoms with Crippen LogP contribution in [0, 0.1) is 0 Å². The summed E-state index contributed by atoms with van der Waals surface area (Å²) in [7, 11) is 0. The first-order valence-electron chi connectivity index (χ1n) is 6.32. The number of nitrogens with zero attached hydrogens (tertiary/aromatic N) is 2. The molecule has 0 radical (unpaired) electrons. The van der Waals surface area contributed by atoms with Crippen LogP contribution in [0.25, 0.3) is 11.0 Å². The van der Waals surface area contributed by atoms with Gasteiger partial charge in [0.15, 0.2) is 0 Å². The molecule has 1 aliphatic heterocycles. The number of hydrogen-bond acceptors (Lipinski definition) is 4. The molecule has 0 amide bonds. The Kier molecular flexibility index (Phi) is 3.88. The highest BCUT2D eigenvalue weighted by atomic mass is 35.5. The Hall–Kier alpha value is -0.850. The molecule has 3 atom stereocenters. The van der Waals surface area contributed by atoms with Crippen molar-refractivity contribution < 1.29 is 14.9 Å². The van der Waals surface area contributed by atoms with Gasteiger partial charge in [0.05, 0.1) is 52.8 Å². The van der Waals surface area contributed by atoms with Crippen LogP contribution in [0.5, 0.6) is 0 Å². The van der Waals surface area contributed by atoms with Crippen LogP contribution < -0.4 is 0 Å². The van der Waals surface area contributed by atoms with Crippen molar-refractivity contribution in [1.29, 1.82) is 0 Å². The van der Waals surface area contributed by atoms with Crippen molar-refractivity contribution >= 4 is 34.2 Å². The fraction of sp³-hybridized carbons (Fsp3) is 0.462. The molecule has 7 heteroatoms. The van der Waals surface area contributed by atoms with E-state index >= 15 is 0 Å². The molecule has 1 aromatic carbocycles. The second-order valence-corrected chi connectivity index (χ2v) is 5.73. The van der Waals surface area contributed by atoms with Crippen molar-refractivity contribution in [2.75, 3.05) is 13.2 Å². The minimum Gasteiger partial charge on any atom is -0.394 e. The highest BCUT2D eigenvalue weighted by molar-refractivity contribution is 6.42. The maximum atomic E-state index is 9.94. The first-order chi connectivity index (χ1) is 9.60. The normalized spacial score (nSPS) is 27.1. The lowest BCUT2D eigenvalue weighted by atomic mass is 10.0. The van der Waals surface area contributed by atoms with Crippen molar-refractivity contribution in [3.05, 3.63) is 28.5 Å². The summed E-state index contributed by atoms with van der Waals surface area (Å²) in [4.78, 5) is 4.29. The van der Waals surface area contributed by atoms with Crippen LogP contribution in [0.4, 0.5) is 0 Å². The van der Waals surface area contributed by atoms with Crippen LogP contribution in [0.1, 0.15) is 12.5 Å². The first kappa shape index (κ1) is 14.1. The number of rotatable bonds is 2. The third-order valence-electron chi connectivity index (χ3n) is 3.64. The van der Waals surface area contributed by atoms with Crippen LogP contribution in [-0.2, 0) is 4.74 Å².